The van der Waals surface area contributed by atoms with Gasteiger partial charge in [0.25, 0.3) is 0 Å². The van der Waals surface area contributed by atoms with Crippen molar-refractivity contribution in [2.75, 3.05) is 14.2 Å². The standard InChI is InChI=1S/C17H20BrNOS/c1-12(19-2)13-4-9-17(20-3)14(10-13)11-21-16-7-5-15(18)6-8-16/h4-10,12,19H,11H2,1-3H3. The molecule has 2 nitrogen and oxygen atoms in total. The van der Waals surface area contributed by atoms with Gasteiger partial charge >= 0.3 is 0 Å². The second-order valence-corrected chi connectivity index (χ2v) is 6.79. The lowest BCUT2D eigenvalue weighted by Crippen LogP contribution is -2.12. The van der Waals surface area contributed by atoms with Crippen LogP contribution in [0.2, 0.25) is 0 Å². The van der Waals surface area contributed by atoms with E-state index < -0.39 is 0 Å². The van der Waals surface area contributed by atoms with E-state index in [4.69, 9.17) is 4.74 Å². The van der Waals surface area contributed by atoms with Crippen molar-refractivity contribution >= 4 is 27.7 Å². The number of halogens is 1. The van der Waals surface area contributed by atoms with E-state index in [-0.39, 0.29) is 0 Å². The zero-order valence-corrected chi connectivity index (χ0v) is 14.9. The monoisotopic (exact) mass is 365 g/mol. The number of hydrogen-bond acceptors (Lipinski definition) is 3. The van der Waals surface area contributed by atoms with Crippen molar-refractivity contribution in [1.82, 2.24) is 5.32 Å². The third-order valence-electron chi connectivity index (χ3n) is 3.45. The van der Waals surface area contributed by atoms with Crippen molar-refractivity contribution < 1.29 is 4.74 Å². The summed E-state index contributed by atoms with van der Waals surface area (Å²) < 4.78 is 6.59. The molecule has 21 heavy (non-hydrogen) atoms. The molecule has 0 heterocycles. The van der Waals surface area contributed by atoms with E-state index in [1.807, 2.05) is 18.8 Å². The van der Waals surface area contributed by atoms with Crippen molar-refractivity contribution in [3.8, 4) is 5.75 Å². The first-order valence-electron chi connectivity index (χ1n) is 6.86. The van der Waals surface area contributed by atoms with E-state index >= 15 is 0 Å². The smallest absolute Gasteiger partial charge is 0.122 e. The minimum Gasteiger partial charge on any atom is -0.496 e. The fourth-order valence-corrected chi connectivity index (χ4v) is 3.18. The molecule has 0 spiro atoms. The van der Waals surface area contributed by atoms with Crippen LogP contribution in [0.4, 0.5) is 0 Å². The predicted molar refractivity (Wildman–Crippen MR) is 94.2 cm³/mol. The van der Waals surface area contributed by atoms with Gasteiger partial charge in [0.15, 0.2) is 0 Å². The van der Waals surface area contributed by atoms with E-state index in [1.54, 1.807) is 7.11 Å². The van der Waals surface area contributed by atoms with Gasteiger partial charge in [0, 0.05) is 26.7 Å². The highest BCUT2D eigenvalue weighted by Crippen LogP contribution is 2.30. The maximum absolute atomic E-state index is 5.48. The molecule has 2 aromatic rings. The van der Waals surface area contributed by atoms with Gasteiger partial charge in [-0.15, -0.1) is 11.8 Å². The third-order valence-corrected chi connectivity index (χ3v) is 5.03. The summed E-state index contributed by atoms with van der Waals surface area (Å²) >= 11 is 5.28. The number of ether oxygens (including phenoxy) is 1. The predicted octanol–water partition coefficient (Wildman–Crippen LogP) is 5.03. The number of nitrogens with one attached hydrogen (secondary N) is 1. The summed E-state index contributed by atoms with van der Waals surface area (Å²) in [6.45, 7) is 2.16. The fourth-order valence-electron chi connectivity index (χ4n) is 2.04. The number of methoxy groups -OCH3 is 1. The van der Waals surface area contributed by atoms with E-state index in [1.165, 1.54) is 16.0 Å². The van der Waals surface area contributed by atoms with Crippen LogP contribution >= 0.6 is 27.7 Å². The Hall–Kier alpha value is -0.970. The Kier molecular flexibility index (Phi) is 6.15. The molecule has 0 radical (unpaired) electrons. The fraction of sp³-hybridized carbons (Fsp3) is 0.294. The van der Waals surface area contributed by atoms with Gasteiger partial charge in [-0.3, -0.25) is 0 Å². The van der Waals surface area contributed by atoms with Crippen molar-refractivity contribution in [1.29, 1.82) is 0 Å². The van der Waals surface area contributed by atoms with Crippen LogP contribution in [0.1, 0.15) is 24.1 Å². The van der Waals surface area contributed by atoms with Gasteiger partial charge in [0.05, 0.1) is 7.11 Å². The van der Waals surface area contributed by atoms with E-state index in [0.29, 0.717) is 6.04 Å². The van der Waals surface area contributed by atoms with Crippen LogP contribution in [-0.4, -0.2) is 14.2 Å². The first-order chi connectivity index (χ1) is 10.1. The van der Waals surface area contributed by atoms with Crippen LogP contribution in [0.15, 0.2) is 51.8 Å². The maximum Gasteiger partial charge on any atom is 0.122 e. The van der Waals surface area contributed by atoms with Crippen molar-refractivity contribution in [2.24, 2.45) is 0 Å². The second-order valence-electron chi connectivity index (χ2n) is 4.82. The van der Waals surface area contributed by atoms with E-state index in [2.05, 4.69) is 70.6 Å². The highest BCUT2D eigenvalue weighted by Gasteiger charge is 2.09. The van der Waals surface area contributed by atoms with Gasteiger partial charge in [-0.1, -0.05) is 22.0 Å². The molecular formula is C17H20BrNOS. The van der Waals surface area contributed by atoms with E-state index in [0.717, 1.165) is 16.0 Å². The molecule has 2 rings (SSSR count). The Morgan fingerprint density at radius 3 is 2.52 bits per heavy atom. The molecule has 0 aliphatic heterocycles. The Bertz CT molecular complexity index is 586. The Labute approximate surface area is 139 Å². The molecule has 1 N–H and O–H groups in total. The molecule has 0 fully saturated rings. The summed E-state index contributed by atoms with van der Waals surface area (Å²) in [4.78, 5) is 1.26. The van der Waals surface area contributed by atoms with E-state index in [9.17, 15) is 0 Å². The summed E-state index contributed by atoms with van der Waals surface area (Å²) in [5.74, 6) is 1.85. The summed E-state index contributed by atoms with van der Waals surface area (Å²) in [5.41, 5.74) is 2.51. The summed E-state index contributed by atoms with van der Waals surface area (Å²) in [5, 5.41) is 3.27. The average Bonchev–Trinajstić information content (AvgIpc) is 2.53. The summed E-state index contributed by atoms with van der Waals surface area (Å²) in [7, 11) is 3.70. The largest absolute Gasteiger partial charge is 0.496 e. The van der Waals surface area contributed by atoms with Crippen molar-refractivity contribution in [3.63, 3.8) is 0 Å². The van der Waals surface area contributed by atoms with Crippen LogP contribution in [0.5, 0.6) is 5.75 Å². The highest BCUT2D eigenvalue weighted by molar-refractivity contribution is 9.10. The number of benzene rings is 2. The van der Waals surface area contributed by atoms with Gasteiger partial charge < -0.3 is 10.1 Å². The molecule has 0 saturated heterocycles. The van der Waals surface area contributed by atoms with Crippen LogP contribution in [-0.2, 0) is 5.75 Å². The minimum atomic E-state index is 0.340. The number of thioether (sulfide) groups is 1. The summed E-state index contributed by atoms with van der Waals surface area (Å²) in [6, 6.07) is 15.1. The molecule has 0 bridgehead atoms. The van der Waals surface area contributed by atoms with Crippen molar-refractivity contribution in [2.45, 2.75) is 23.6 Å². The maximum atomic E-state index is 5.48. The first-order valence-corrected chi connectivity index (χ1v) is 8.64. The molecular weight excluding hydrogens is 346 g/mol. The van der Waals surface area contributed by atoms with Gasteiger partial charge in [0.2, 0.25) is 0 Å². The average molecular weight is 366 g/mol. The lowest BCUT2D eigenvalue weighted by Gasteiger charge is -2.15. The van der Waals surface area contributed by atoms with Gasteiger partial charge in [0.1, 0.15) is 5.75 Å². The molecule has 2 aromatic carbocycles. The normalized spacial score (nSPS) is 12.2. The quantitative estimate of drug-likeness (QED) is 0.725. The molecule has 1 atom stereocenters. The van der Waals surface area contributed by atoms with Crippen LogP contribution < -0.4 is 10.1 Å². The molecule has 0 saturated carbocycles. The van der Waals surface area contributed by atoms with Gasteiger partial charge in [-0.05, 0) is 55.9 Å². The third kappa shape index (κ3) is 4.50. The highest BCUT2D eigenvalue weighted by atomic mass is 79.9. The Morgan fingerprint density at radius 1 is 1.19 bits per heavy atom. The second kappa shape index (κ2) is 7.87. The van der Waals surface area contributed by atoms with Gasteiger partial charge in [-0.2, -0.15) is 0 Å². The molecule has 1 unspecified atom stereocenters. The zero-order valence-electron chi connectivity index (χ0n) is 12.5. The molecule has 0 aliphatic carbocycles. The zero-order chi connectivity index (χ0) is 15.2. The first kappa shape index (κ1) is 16.4. The summed E-state index contributed by atoms with van der Waals surface area (Å²) in [6.07, 6.45) is 0. The SMILES string of the molecule is CNC(C)c1ccc(OC)c(CSc2ccc(Br)cc2)c1. The Balaban J connectivity index is 2.15. The van der Waals surface area contributed by atoms with Crippen LogP contribution in [0.25, 0.3) is 0 Å². The lowest BCUT2D eigenvalue weighted by atomic mass is 10.1. The van der Waals surface area contributed by atoms with Crippen LogP contribution in [0, 0.1) is 0 Å². The minimum absolute atomic E-state index is 0.340. The molecule has 0 amide bonds. The van der Waals surface area contributed by atoms with Crippen LogP contribution in [0.3, 0.4) is 0 Å². The molecule has 0 aromatic heterocycles. The molecule has 112 valence electrons. The topological polar surface area (TPSA) is 21.3 Å². The lowest BCUT2D eigenvalue weighted by molar-refractivity contribution is 0.411. The van der Waals surface area contributed by atoms with Crippen molar-refractivity contribution in [3.05, 3.63) is 58.1 Å². The molecule has 0 aliphatic rings. The van der Waals surface area contributed by atoms with Gasteiger partial charge in [-0.25, -0.2) is 0 Å². The Morgan fingerprint density at radius 2 is 1.90 bits per heavy atom. The molecule has 4 heteroatoms. The number of hydrogen-bond donors (Lipinski definition) is 1. The number of rotatable bonds is 6.